The van der Waals surface area contributed by atoms with Crippen LogP contribution >= 0.6 is 15.9 Å². The van der Waals surface area contributed by atoms with Gasteiger partial charge in [0.2, 0.25) is 0 Å². The van der Waals surface area contributed by atoms with Crippen LogP contribution in [0.3, 0.4) is 0 Å². The van der Waals surface area contributed by atoms with Gasteiger partial charge in [-0.2, -0.15) is 0 Å². The number of halogens is 1. The average Bonchev–Trinajstić information content (AvgIpc) is 2.59. The summed E-state index contributed by atoms with van der Waals surface area (Å²) in [5.41, 5.74) is 0.623. The van der Waals surface area contributed by atoms with Gasteiger partial charge in [0, 0.05) is 11.0 Å². The second-order valence-corrected chi connectivity index (χ2v) is 6.92. The van der Waals surface area contributed by atoms with E-state index >= 15 is 0 Å². The quantitative estimate of drug-likeness (QED) is 0.694. The van der Waals surface area contributed by atoms with Gasteiger partial charge < -0.3 is 15.0 Å². The zero-order chi connectivity index (χ0) is 16.5. The molecule has 4 nitrogen and oxygen atoms in total. The van der Waals surface area contributed by atoms with Crippen molar-refractivity contribution >= 4 is 21.8 Å². The smallest absolute Gasteiger partial charge is 0.252 e. The molecule has 128 valence electrons. The highest BCUT2D eigenvalue weighted by molar-refractivity contribution is 9.10. The van der Waals surface area contributed by atoms with Crippen molar-refractivity contribution in [3.8, 4) is 5.75 Å². The van der Waals surface area contributed by atoms with E-state index in [1.807, 2.05) is 12.1 Å². The lowest BCUT2D eigenvalue weighted by atomic mass is 10.1. The summed E-state index contributed by atoms with van der Waals surface area (Å²) < 4.78 is 5.96. The van der Waals surface area contributed by atoms with Gasteiger partial charge in [-0.15, -0.1) is 0 Å². The van der Waals surface area contributed by atoms with Gasteiger partial charge in [0.05, 0.1) is 12.7 Å². The fourth-order valence-electron chi connectivity index (χ4n) is 2.92. The number of methoxy groups -OCH3 is 1. The molecule has 1 amide bonds. The Labute approximate surface area is 147 Å². The lowest BCUT2D eigenvalue weighted by molar-refractivity contribution is 0.0951. The fraction of sp³-hybridized carbons (Fsp3) is 0.611. The maximum absolute atomic E-state index is 12.2. The Hall–Kier alpha value is -1.07. The molecule has 0 aliphatic carbocycles. The van der Waals surface area contributed by atoms with Gasteiger partial charge in [-0.25, -0.2) is 0 Å². The molecule has 0 spiro atoms. The molecule has 0 radical (unpaired) electrons. The van der Waals surface area contributed by atoms with Crippen molar-refractivity contribution in [1.29, 1.82) is 0 Å². The second-order valence-electron chi connectivity index (χ2n) is 6.06. The molecule has 1 fully saturated rings. The van der Waals surface area contributed by atoms with Crippen LogP contribution in [0.15, 0.2) is 22.7 Å². The number of amides is 1. The summed E-state index contributed by atoms with van der Waals surface area (Å²) >= 11 is 3.42. The van der Waals surface area contributed by atoms with Crippen LogP contribution in [0.4, 0.5) is 0 Å². The van der Waals surface area contributed by atoms with Crippen molar-refractivity contribution in [3.63, 3.8) is 0 Å². The van der Waals surface area contributed by atoms with Crippen molar-refractivity contribution in [2.24, 2.45) is 0 Å². The normalized spacial score (nSPS) is 15.4. The van der Waals surface area contributed by atoms with Crippen LogP contribution < -0.4 is 10.1 Å². The Morgan fingerprint density at radius 2 is 2.00 bits per heavy atom. The highest BCUT2D eigenvalue weighted by Gasteiger charge is 2.11. The Bertz CT molecular complexity index is 502. The highest BCUT2D eigenvalue weighted by Crippen LogP contribution is 2.22. The molecular weight excluding hydrogens is 356 g/mol. The topological polar surface area (TPSA) is 41.6 Å². The number of carbonyl (C=O) groups is 1. The predicted molar refractivity (Wildman–Crippen MR) is 97.2 cm³/mol. The van der Waals surface area contributed by atoms with Gasteiger partial charge >= 0.3 is 0 Å². The summed E-state index contributed by atoms with van der Waals surface area (Å²) in [6.07, 6.45) is 7.51. The molecule has 1 aliphatic heterocycles. The fourth-order valence-corrected chi connectivity index (χ4v) is 3.35. The molecule has 1 saturated heterocycles. The second kappa shape index (κ2) is 9.93. The zero-order valence-electron chi connectivity index (χ0n) is 13.9. The van der Waals surface area contributed by atoms with E-state index in [9.17, 15) is 4.79 Å². The molecule has 1 N–H and O–H groups in total. The maximum atomic E-state index is 12.2. The lowest BCUT2D eigenvalue weighted by Crippen LogP contribution is -2.30. The van der Waals surface area contributed by atoms with Crippen molar-refractivity contribution in [1.82, 2.24) is 10.2 Å². The summed E-state index contributed by atoms with van der Waals surface area (Å²) in [6.45, 7) is 4.46. The Morgan fingerprint density at radius 3 is 2.74 bits per heavy atom. The van der Waals surface area contributed by atoms with E-state index < -0.39 is 0 Å². The zero-order valence-corrected chi connectivity index (χ0v) is 15.5. The van der Waals surface area contributed by atoms with Crippen molar-refractivity contribution in [3.05, 3.63) is 28.2 Å². The first kappa shape index (κ1) is 18.3. The van der Waals surface area contributed by atoms with Gasteiger partial charge in [-0.05, 0) is 79.4 Å². The number of nitrogens with zero attached hydrogens (tertiary/aromatic N) is 1. The number of likely N-dealkylation sites (tertiary alicyclic amines) is 1. The van der Waals surface area contributed by atoms with E-state index in [0.717, 1.165) is 23.9 Å². The molecule has 0 aromatic heterocycles. The third-order valence-corrected chi connectivity index (χ3v) is 5.00. The first-order chi connectivity index (χ1) is 11.2. The number of hydrogen-bond donors (Lipinski definition) is 1. The maximum Gasteiger partial charge on any atom is 0.252 e. The van der Waals surface area contributed by atoms with Gasteiger partial charge in [-0.1, -0.05) is 12.8 Å². The molecule has 23 heavy (non-hydrogen) atoms. The molecule has 1 aromatic rings. The molecule has 1 aliphatic rings. The van der Waals surface area contributed by atoms with Gasteiger partial charge in [-0.3, -0.25) is 4.79 Å². The molecule has 2 rings (SSSR count). The van der Waals surface area contributed by atoms with Gasteiger partial charge in [0.15, 0.2) is 0 Å². The minimum Gasteiger partial charge on any atom is -0.497 e. The number of nitrogens with one attached hydrogen (secondary N) is 1. The number of ether oxygens (including phenoxy) is 1. The third-order valence-electron chi connectivity index (χ3n) is 4.30. The van der Waals surface area contributed by atoms with Gasteiger partial charge in [0.25, 0.3) is 5.91 Å². The summed E-state index contributed by atoms with van der Waals surface area (Å²) in [7, 11) is 1.60. The Balaban J connectivity index is 1.63. The van der Waals surface area contributed by atoms with E-state index in [4.69, 9.17) is 4.74 Å². The van der Waals surface area contributed by atoms with Crippen LogP contribution in [-0.2, 0) is 0 Å². The molecular formula is C18H27BrN2O2. The van der Waals surface area contributed by atoms with Crippen LogP contribution in [0.1, 0.15) is 48.9 Å². The Kier molecular flexibility index (Phi) is 7.89. The molecule has 5 heteroatoms. The molecule has 0 unspecified atom stereocenters. The molecule has 0 bridgehead atoms. The minimum atomic E-state index is -0.0493. The first-order valence-corrected chi connectivity index (χ1v) is 9.34. The monoisotopic (exact) mass is 382 g/mol. The highest BCUT2D eigenvalue weighted by atomic mass is 79.9. The van der Waals surface area contributed by atoms with Gasteiger partial charge in [0.1, 0.15) is 5.75 Å². The summed E-state index contributed by atoms with van der Waals surface area (Å²) in [5.74, 6) is 0.645. The summed E-state index contributed by atoms with van der Waals surface area (Å²) in [5, 5.41) is 2.99. The van der Waals surface area contributed by atoms with Crippen LogP contribution in [0, 0.1) is 0 Å². The van der Waals surface area contributed by atoms with Crippen molar-refractivity contribution in [2.45, 2.75) is 38.5 Å². The number of rotatable bonds is 8. The molecule has 1 heterocycles. The minimum absolute atomic E-state index is 0.0493. The number of benzene rings is 1. The van der Waals surface area contributed by atoms with Crippen LogP contribution in [0.25, 0.3) is 0 Å². The van der Waals surface area contributed by atoms with Crippen LogP contribution in [0.2, 0.25) is 0 Å². The van der Waals surface area contributed by atoms with E-state index in [1.165, 1.54) is 45.3 Å². The molecule has 0 saturated carbocycles. The number of unbranched alkanes of at least 4 members (excludes halogenated alkanes) is 2. The van der Waals surface area contributed by atoms with E-state index in [0.29, 0.717) is 11.3 Å². The predicted octanol–water partition coefficient (Wildman–Crippen LogP) is 3.84. The lowest BCUT2D eigenvalue weighted by Gasteiger charge is -2.26. The van der Waals surface area contributed by atoms with Crippen LogP contribution in [-0.4, -0.2) is 44.1 Å². The number of carbonyl (C=O) groups excluding carboxylic acids is 1. The van der Waals surface area contributed by atoms with Crippen LogP contribution in [0.5, 0.6) is 5.75 Å². The Morgan fingerprint density at radius 1 is 1.22 bits per heavy atom. The molecule has 0 atom stereocenters. The standard InChI is InChI=1S/C18H27BrN2O2/c1-23-15-8-9-17(19)16(14-15)18(22)20-10-4-2-5-11-21-12-6-3-7-13-21/h8-9,14H,2-7,10-13H2,1H3,(H,20,22). The van der Waals surface area contributed by atoms with Crippen molar-refractivity contribution < 1.29 is 9.53 Å². The first-order valence-electron chi connectivity index (χ1n) is 8.55. The van der Waals surface area contributed by atoms with Crippen molar-refractivity contribution in [2.75, 3.05) is 33.3 Å². The number of piperidine rings is 1. The van der Waals surface area contributed by atoms with E-state index in [2.05, 4.69) is 26.1 Å². The summed E-state index contributed by atoms with van der Waals surface area (Å²) in [6, 6.07) is 5.43. The number of hydrogen-bond acceptors (Lipinski definition) is 3. The third kappa shape index (κ3) is 6.15. The van der Waals surface area contributed by atoms with E-state index in [1.54, 1.807) is 13.2 Å². The summed E-state index contributed by atoms with van der Waals surface area (Å²) in [4.78, 5) is 14.8. The molecule has 1 aromatic carbocycles. The SMILES string of the molecule is COc1ccc(Br)c(C(=O)NCCCCCN2CCCCC2)c1. The average molecular weight is 383 g/mol. The van der Waals surface area contributed by atoms with E-state index in [-0.39, 0.29) is 5.91 Å². The largest absolute Gasteiger partial charge is 0.497 e.